The van der Waals surface area contributed by atoms with Crippen LogP contribution in [0.15, 0.2) is 24.3 Å². The molecule has 1 aromatic rings. The number of halogens is 2. The second-order valence-corrected chi connectivity index (χ2v) is 4.91. The number of aryl methyl sites for hydroxylation is 1. The Balaban J connectivity index is 0.00000180. The number of benzene rings is 1. The van der Waals surface area contributed by atoms with Crippen molar-refractivity contribution in [2.45, 2.75) is 19.9 Å². The van der Waals surface area contributed by atoms with E-state index in [-0.39, 0.29) is 24.8 Å². The Morgan fingerprint density at radius 3 is 2.55 bits per heavy atom. The molecule has 1 heterocycles. The fourth-order valence-corrected chi connectivity index (χ4v) is 2.28. The lowest BCUT2D eigenvalue weighted by Crippen LogP contribution is -2.37. The molecule has 1 fully saturated rings. The minimum atomic E-state index is 0. The van der Waals surface area contributed by atoms with Crippen LogP contribution in [0.25, 0.3) is 0 Å². The van der Waals surface area contributed by atoms with Crippen LogP contribution in [0.2, 0.25) is 0 Å². The van der Waals surface area contributed by atoms with Crippen molar-refractivity contribution < 1.29 is 4.74 Å². The first-order valence-electron chi connectivity index (χ1n) is 6.91. The van der Waals surface area contributed by atoms with Crippen molar-refractivity contribution in [3.05, 3.63) is 35.4 Å². The third-order valence-electron chi connectivity index (χ3n) is 3.51. The third kappa shape index (κ3) is 6.91. The largest absolute Gasteiger partial charge is 0.379 e. The van der Waals surface area contributed by atoms with Gasteiger partial charge in [-0.2, -0.15) is 0 Å². The lowest BCUT2D eigenvalue weighted by atomic mass is 10.1. The van der Waals surface area contributed by atoms with Gasteiger partial charge in [-0.1, -0.05) is 24.3 Å². The Labute approximate surface area is 134 Å². The fraction of sp³-hybridized carbons (Fsp3) is 0.600. The summed E-state index contributed by atoms with van der Waals surface area (Å²) in [6.07, 6.45) is 1.21. The smallest absolute Gasteiger partial charge is 0.0594 e. The van der Waals surface area contributed by atoms with Crippen LogP contribution in [-0.4, -0.2) is 44.3 Å². The van der Waals surface area contributed by atoms with Crippen LogP contribution in [0, 0.1) is 6.92 Å². The molecule has 0 amide bonds. The lowest BCUT2D eigenvalue weighted by molar-refractivity contribution is 0.0374. The molecule has 5 heteroatoms. The number of hydrogen-bond donors (Lipinski definition) is 1. The molecular weight excluding hydrogens is 295 g/mol. The van der Waals surface area contributed by atoms with Gasteiger partial charge in [-0.25, -0.2) is 0 Å². The van der Waals surface area contributed by atoms with E-state index in [4.69, 9.17) is 4.74 Å². The lowest BCUT2D eigenvalue weighted by Gasteiger charge is -2.26. The van der Waals surface area contributed by atoms with E-state index in [0.29, 0.717) is 0 Å². The number of hydrogen-bond acceptors (Lipinski definition) is 3. The van der Waals surface area contributed by atoms with Crippen molar-refractivity contribution in [2.75, 3.05) is 39.4 Å². The maximum Gasteiger partial charge on any atom is 0.0594 e. The van der Waals surface area contributed by atoms with Crippen LogP contribution in [-0.2, 0) is 11.3 Å². The van der Waals surface area contributed by atoms with Crippen molar-refractivity contribution in [3.8, 4) is 0 Å². The minimum absolute atomic E-state index is 0. The van der Waals surface area contributed by atoms with Gasteiger partial charge in [-0.05, 0) is 37.6 Å². The topological polar surface area (TPSA) is 24.5 Å². The second-order valence-electron chi connectivity index (χ2n) is 4.91. The van der Waals surface area contributed by atoms with Gasteiger partial charge in [-0.3, -0.25) is 4.90 Å². The Kier molecular flexibility index (Phi) is 11.2. The molecule has 0 bridgehead atoms. The molecular formula is C15H26Cl2N2O. The quantitative estimate of drug-likeness (QED) is 0.815. The molecule has 0 spiro atoms. The molecule has 116 valence electrons. The zero-order valence-electron chi connectivity index (χ0n) is 12.1. The summed E-state index contributed by atoms with van der Waals surface area (Å²) < 4.78 is 5.34. The molecule has 1 N–H and O–H groups in total. The summed E-state index contributed by atoms with van der Waals surface area (Å²) in [5, 5.41) is 3.52. The zero-order valence-corrected chi connectivity index (χ0v) is 13.8. The van der Waals surface area contributed by atoms with E-state index in [1.807, 2.05) is 0 Å². The normalized spacial score (nSPS) is 15.2. The number of nitrogens with zero attached hydrogens (tertiary/aromatic N) is 1. The third-order valence-corrected chi connectivity index (χ3v) is 3.51. The molecule has 2 rings (SSSR count). The number of nitrogens with one attached hydrogen (secondary N) is 1. The average molecular weight is 321 g/mol. The van der Waals surface area contributed by atoms with Crippen LogP contribution < -0.4 is 5.32 Å². The Hall–Kier alpha value is -0.320. The first-order valence-corrected chi connectivity index (χ1v) is 6.91. The van der Waals surface area contributed by atoms with E-state index in [1.54, 1.807) is 0 Å². The van der Waals surface area contributed by atoms with Gasteiger partial charge in [0.05, 0.1) is 13.2 Å². The SMILES string of the molecule is Cc1ccccc1CNCCCN1CCOCC1.Cl.Cl. The van der Waals surface area contributed by atoms with E-state index in [2.05, 4.69) is 41.4 Å². The molecule has 1 aromatic carbocycles. The molecule has 0 atom stereocenters. The molecule has 0 unspecified atom stereocenters. The number of ether oxygens (including phenoxy) is 1. The van der Waals surface area contributed by atoms with Crippen LogP contribution in [0.4, 0.5) is 0 Å². The van der Waals surface area contributed by atoms with Gasteiger partial charge in [0.1, 0.15) is 0 Å². The highest BCUT2D eigenvalue weighted by Gasteiger charge is 2.08. The first kappa shape index (κ1) is 19.7. The molecule has 0 radical (unpaired) electrons. The van der Waals surface area contributed by atoms with E-state index >= 15 is 0 Å². The van der Waals surface area contributed by atoms with Crippen LogP contribution >= 0.6 is 24.8 Å². The van der Waals surface area contributed by atoms with Crippen molar-refractivity contribution in [1.29, 1.82) is 0 Å². The first-order chi connectivity index (χ1) is 8.86. The van der Waals surface area contributed by atoms with E-state index in [9.17, 15) is 0 Å². The van der Waals surface area contributed by atoms with E-state index in [0.717, 1.165) is 39.4 Å². The second kappa shape index (κ2) is 11.4. The van der Waals surface area contributed by atoms with Crippen molar-refractivity contribution in [1.82, 2.24) is 10.2 Å². The molecule has 20 heavy (non-hydrogen) atoms. The summed E-state index contributed by atoms with van der Waals surface area (Å²) in [4.78, 5) is 2.49. The van der Waals surface area contributed by atoms with Gasteiger partial charge in [0.2, 0.25) is 0 Å². The maximum atomic E-state index is 5.34. The van der Waals surface area contributed by atoms with Crippen LogP contribution in [0.3, 0.4) is 0 Å². The van der Waals surface area contributed by atoms with E-state index in [1.165, 1.54) is 24.1 Å². The predicted octanol–water partition coefficient (Wildman–Crippen LogP) is 2.65. The van der Waals surface area contributed by atoms with Crippen LogP contribution in [0.5, 0.6) is 0 Å². The highest BCUT2D eigenvalue weighted by atomic mass is 35.5. The molecule has 0 aliphatic carbocycles. The summed E-state index contributed by atoms with van der Waals surface area (Å²) in [6, 6.07) is 8.57. The van der Waals surface area contributed by atoms with Gasteiger partial charge < -0.3 is 10.1 Å². The van der Waals surface area contributed by atoms with Crippen LogP contribution in [0.1, 0.15) is 17.5 Å². The molecule has 1 aliphatic heterocycles. The minimum Gasteiger partial charge on any atom is -0.379 e. The Morgan fingerprint density at radius 1 is 1.15 bits per heavy atom. The van der Waals surface area contributed by atoms with Gasteiger partial charge in [0, 0.05) is 19.6 Å². The maximum absolute atomic E-state index is 5.34. The van der Waals surface area contributed by atoms with Gasteiger partial charge in [-0.15, -0.1) is 24.8 Å². The zero-order chi connectivity index (χ0) is 12.6. The Bertz CT molecular complexity index is 357. The van der Waals surface area contributed by atoms with Crippen molar-refractivity contribution >= 4 is 24.8 Å². The van der Waals surface area contributed by atoms with Gasteiger partial charge in [0.15, 0.2) is 0 Å². The number of rotatable bonds is 6. The molecule has 1 saturated heterocycles. The summed E-state index contributed by atoms with van der Waals surface area (Å²) in [5.74, 6) is 0. The summed E-state index contributed by atoms with van der Waals surface area (Å²) >= 11 is 0. The molecule has 0 aromatic heterocycles. The molecule has 0 saturated carbocycles. The summed E-state index contributed by atoms with van der Waals surface area (Å²) in [7, 11) is 0. The van der Waals surface area contributed by atoms with Gasteiger partial charge in [0.25, 0.3) is 0 Å². The van der Waals surface area contributed by atoms with Gasteiger partial charge >= 0.3 is 0 Å². The molecule has 3 nitrogen and oxygen atoms in total. The van der Waals surface area contributed by atoms with Crippen molar-refractivity contribution in [2.24, 2.45) is 0 Å². The van der Waals surface area contributed by atoms with E-state index < -0.39 is 0 Å². The fourth-order valence-electron chi connectivity index (χ4n) is 2.28. The highest BCUT2D eigenvalue weighted by Crippen LogP contribution is 2.06. The predicted molar refractivity (Wildman–Crippen MR) is 89.3 cm³/mol. The average Bonchev–Trinajstić information content (AvgIpc) is 2.42. The summed E-state index contributed by atoms with van der Waals surface area (Å²) in [6.45, 7) is 9.42. The Morgan fingerprint density at radius 2 is 1.85 bits per heavy atom. The van der Waals surface area contributed by atoms with Crippen molar-refractivity contribution in [3.63, 3.8) is 0 Å². The number of morpholine rings is 1. The monoisotopic (exact) mass is 320 g/mol. The summed E-state index contributed by atoms with van der Waals surface area (Å²) in [5.41, 5.74) is 2.78. The highest BCUT2D eigenvalue weighted by molar-refractivity contribution is 5.85. The molecule has 1 aliphatic rings. The standard InChI is InChI=1S/C15H24N2O.2ClH/c1-14-5-2-3-6-15(14)13-16-7-4-8-17-9-11-18-12-10-17;;/h2-3,5-6,16H,4,7-13H2,1H3;2*1H.